The standard InChI is InChI=1S/C25H30N6O2/c1-3-31-14-11-22(29-31)25(33)30-12-9-19(10-13-30)15-23-21(17-26-18(2)28-23)24(32)27-16-20-7-5-4-6-8-20/h4-8,11,14,17,19H,3,9-10,12-13,15-16H2,1-2H3,(H,27,32). The molecule has 172 valence electrons. The monoisotopic (exact) mass is 446 g/mol. The summed E-state index contributed by atoms with van der Waals surface area (Å²) in [5, 5.41) is 7.31. The van der Waals surface area contributed by atoms with Gasteiger partial charge in [0.15, 0.2) is 0 Å². The van der Waals surface area contributed by atoms with E-state index in [1.54, 1.807) is 16.9 Å². The first kappa shape index (κ1) is 22.6. The Morgan fingerprint density at radius 3 is 2.58 bits per heavy atom. The highest BCUT2D eigenvalue weighted by Gasteiger charge is 2.26. The van der Waals surface area contributed by atoms with Crippen molar-refractivity contribution in [3.63, 3.8) is 0 Å². The van der Waals surface area contributed by atoms with Crippen LogP contribution in [0.2, 0.25) is 0 Å². The third-order valence-corrected chi connectivity index (χ3v) is 6.10. The van der Waals surface area contributed by atoms with E-state index in [2.05, 4.69) is 20.4 Å². The average molecular weight is 447 g/mol. The Hall–Kier alpha value is -3.55. The van der Waals surface area contributed by atoms with Gasteiger partial charge in [-0.2, -0.15) is 5.10 Å². The first-order valence-electron chi connectivity index (χ1n) is 11.5. The van der Waals surface area contributed by atoms with E-state index in [1.165, 1.54) is 0 Å². The second-order valence-corrected chi connectivity index (χ2v) is 8.44. The molecule has 3 aromatic rings. The lowest BCUT2D eigenvalue weighted by Crippen LogP contribution is -2.39. The molecule has 2 amide bonds. The lowest BCUT2D eigenvalue weighted by Gasteiger charge is -2.31. The van der Waals surface area contributed by atoms with Gasteiger partial charge in [0.2, 0.25) is 0 Å². The molecule has 1 fully saturated rings. The number of likely N-dealkylation sites (tertiary alicyclic amines) is 1. The lowest BCUT2D eigenvalue weighted by atomic mass is 9.90. The topological polar surface area (TPSA) is 93.0 Å². The molecular formula is C25H30N6O2. The van der Waals surface area contributed by atoms with Crippen LogP contribution in [0.4, 0.5) is 0 Å². The molecule has 1 N–H and O–H groups in total. The van der Waals surface area contributed by atoms with Gasteiger partial charge in [-0.1, -0.05) is 30.3 Å². The van der Waals surface area contributed by atoms with Crippen molar-refractivity contribution in [2.75, 3.05) is 13.1 Å². The van der Waals surface area contributed by atoms with Gasteiger partial charge in [0.25, 0.3) is 11.8 Å². The molecule has 0 atom stereocenters. The Labute approximate surface area is 194 Å². The van der Waals surface area contributed by atoms with Crippen LogP contribution in [0.15, 0.2) is 48.8 Å². The van der Waals surface area contributed by atoms with Crippen LogP contribution in [-0.2, 0) is 19.5 Å². The maximum atomic E-state index is 12.9. The largest absolute Gasteiger partial charge is 0.348 e. The SMILES string of the molecule is CCn1ccc(C(=O)N2CCC(Cc3nc(C)ncc3C(=O)NCc3ccccc3)CC2)n1. The van der Waals surface area contributed by atoms with Crippen LogP contribution in [0.25, 0.3) is 0 Å². The number of rotatable bonds is 7. The second-order valence-electron chi connectivity index (χ2n) is 8.44. The number of aryl methyl sites for hydroxylation is 2. The summed E-state index contributed by atoms with van der Waals surface area (Å²) in [6, 6.07) is 11.6. The molecule has 0 bridgehead atoms. The number of hydrogen-bond donors (Lipinski definition) is 1. The fraction of sp³-hybridized carbons (Fsp3) is 0.400. The maximum Gasteiger partial charge on any atom is 0.274 e. The normalized spacial score (nSPS) is 14.3. The molecule has 0 radical (unpaired) electrons. The number of aromatic nitrogens is 4. The van der Waals surface area contributed by atoms with Gasteiger partial charge in [-0.15, -0.1) is 0 Å². The summed E-state index contributed by atoms with van der Waals surface area (Å²) in [5.41, 5.74) is 2.85. The van der Waals surface area contributed by atoms with Crippen molar-refractivity contribution in [2.24, 2.45) is 5.92 Å². The molecule has 33 heavy (non-hydrogen) atoms. The van der Waals surface area contributed by atoms with Crippen molar-refractivity contribution < 1.29 is 9.59 Å². The Morgan fingerprint density at radius 1 is 1.12 bits per heavy atom. The molecule has 1 aliphatic rings. The van der Waals surface area contributed by atoms with Gasteiger partial charge >= 0.3 is 0 Å². The number of nitrogens with one attached hydrogen (secondary N) is 1. The van der Waals surface area contributed by atoms with Gasteiger partial charge < -0.3 is 10.2 Å². The predicted octanol–water partition coefficient (Wildman–Crippen LogP) is 3.03. The molecule has 1 saturated heterocycles. The predicted molar refractivity (Wildman–Crippen MR) is 125 cm³/mol. The van der Waals surface area contributed by atoms with E-state index in [0.717, 1.165) is 30.6 Å². The highest BCUT2D eigenvalue weighted by Crippen LogP contribution is 2.23. The van der Waals surface area contributed by atoms with Crippen molar-refractivity contribution >= 4 is 11.8 Å². The molecule has 0 aliphatic carbocycles. The van der Waals surface area contributed by atoms with Gasteiger partial charge in [0.1, 0.15) is 11.5 Å². The third-order valence-electron chi connectivity index (χ3n) is 6.10. The summed E-state index contributed by atoms with van der Waals surface area (Å²) < 4.78 is 1.77. The number of carbonyl (C=O) groups excluding carboxylic acids is 2. The summed E-state index contributed by atoms with van der Waals surface area (Å²) in [6.07, 6.45) is 5.90. The molecule has 1 aliphatic heterocycles. The van der Waals surface area contributed by atoms with E-state index in [4.69, 9.17) is 0 Å². The highest BCUT2D eigenvalue weighted by molar-refractivity contribution is 5.95. The number of piperidine rings is 1. The molecule has 4 rings (SSSR count). The Kier molecular flexibility index (Phi) is 7.12. The molecule has 1 aromatic carbocycles. The Bertz CT molecular complexity index is 1100. The zero-order valence-electron chi connectivity index (χ0n) is 19.2. The summed E-state index contributed by atoms with van der Waals surface area (Å²) in [6.45, 7) is 6.41. The van der Waals surface area contributed by atoms with Crippen molar-refractivity contribution in [3.05, 3.63) is 77.1 Å². The first-order chi connectivity index (χ1) is 16.0. The van der Waals surface area contributed by atoms with E-state index < -0.39 is 0 Å². The van der Waals surface area contributed by atoms with E-state index in [1.807, 2.05) is 55.3 Å². The number of nitrogens with zero attached hydrogens (tertiary/aromatic N) is 5. The van der Waals surface area contributed by atoms with Crippen molar-refractivity contribution in [1.29, 1.82) is 0 Å². The van der Waals surface area contributed by atoms with Crippen molar-refractivity contribution in [3.8, 4) is 0 Å². The van der Waals surface area contributed by atoms with Crippen LogP contribution in [0.3, 0.4) is 0 Å². The summed E-state index contributed by atoms with van der Waals surface area (Å²) >= 11 is 0. The molecule has 8 heteroatoms. The smallest absolute Gasteiger partial charge is 0.274 e. The number of amides is 2. The fourth-order valence-corrected chi connectivity index (χ4v) is 4.16. The summed E-state index contributed by atoms with van der Waals surface area (Å²) in [7, 11) is 0. The zero-order valence-corrected chi connectivity index (χ0v) is 19.2. The molecule has 3 heterocycles. The molecule has 0 spiro atoms. The van der Waals surface area contributed by atoms with Crippen LogP contribution in [0.1, 0.15) is 57.7 Å². The van der Waals surface area contributed by atoms with Crippen LogP contribution in [-0.4, -0.2) is 49.6 Å². The van der Waals surface area contributed by atoms with Crippen LogP contribution in [0, 0.1) is 12.8 Å². The minimum Gasteiger partial charge on any atom is -0.348 e. The van der Waals surface area contributed by atoms with Gasteiger partial charge in [0, 0.05) is 38.6 Å². The highest BCUT2D eigenvalue weighted by atomic mass is 16.2. The van der Waals surface area contributed by atoms with Crippen LogP contribution in [0.5, 0.6) is 0 Å². The number of carbonyl (C=O) groups is 2. The maximum absolute atomic E-state index is 12.9. The molecule has 0 saturated carbocycles. The minimum absolute atomic E-state index is 0.0143. The fourth-order valence-electron chi connectivity index (χ4n) is 4.16. The third kappa shape index (κ3) is 5.63. The lowest BCUT2D eigenvalue weighted by molar-refractivity contribution is 0.0683. The zero-order chi connectivity index (χ0) is 23.2. The van der Waals surface area contributed by atoms with Gasteiger partial charge in [-0.3, -0.25) is 14.3 Å². The Balaban J connectivity index is 1.36. The molecular weight excluding hydrogens is 416 g/mol. The van der Waals surface area contributed by atoms with Crippen LogP contribution >= 0.6 is 0 Å². The summed E-state index contributed by atoms with van der Waals surface area (Å²) in [4.78, 5) is 36.3. The van der Waals surface area contributed by atoms with Gasteiger partial charge in [0.05, 0.1) is 11.3 Å². The number of benzene rings is 1. The first-order valence-corrected chi connectivity index (χ1v) is 11.5. The van der Waals surface area contributed by atoms with Crippen molar-refractivity contribution in [1.82, 2.24) is 30.0 Å². The van der Waals surface area contributed by atoms with E-state index in [9.17, 15) is 9.59 Å². The minimum atomic E-state index is -0.159. The number of hydrogen-bond acceptors (Lipinski definition) is 5. The summed E-state index contributed by atoms with van der Waals surface area (Å²) in [5.74, 6) is 0.841. The molecule has 8 nitrogen and oxygen atoms in total. The second kappa shape index (κ2) is 10.4. The van der Waals surface area contributed by atoms with E-state index >= 15 is 0 Å². The molecule has 2 aromatic heterocycles. The molecule has 0 unspecified atom stereocenters. The van der Waals surface area contributed by atoms with E-state index in [-0.39, 0.29) is 11.8 Å². The van der Waals surface area contributed by atoms with Gasteiger partial charge in [-0.05, 0) is 50.7 Å². The Morgan fingerprint density at radius 2 is 1.88 bits per heavy atom. The van der Waals surface area contributed by atoms with Crippen LogP contribution < -0.4 is 5.32 Å². The van der Waals surface area contributed by atoms with Gasteiger partial charge in [-0.25, -0.2) is 9.97 Å². The van der Waals surface area contributed by atoms with Crippen molar-refractivity contribution in [2.45, 2.75) is 46.2 Å². The quantitative estimate of drug-likeness (QED) is 0.602. The average Bonchev–Trinajstić information content (AvgIpc) is 3.33. The van der Waals surface area contributed by atoms with E-state index in [0.29, 0.717) is 49.1 Å².